The van der Waals surface area contributed by atoms with Crippen LogP contribution in [0.3, 0.4) is 0 Å². The van der Waals surface area contributed by atoms with E-state index in [1.54, 1.807) is 18.2 Å². The van der Waals surface area contributed by atoms with E-state index in [-0.39, 0.29) is 0 Å². The number of nitrogens with zero attached hydrogens (tertiary/aromatic N) is 1. The first-order valence-electron chi connectivity index (χ1n) is 6.12. The normalized spacial score (nSPS) is 16.6. The minimum Gasteiger partial charge on any atom is -0.351 e. The molecule has 1 heterocycles. The van der Waals surface area contributed by atoms with Crippen molar-refractivity contribution in [2.75, 3.05) is 36.2 Å². The van der Waals surface area contributed by atoms with Crippen molar-refractivity contribution in [2.24, 2.45) is 5.73 Å². The first-order chi connectivity index (χ1) is 9.47. The number of hydrogen-bond donors (Lipinski definition) is 4. The first-order valence-corrected chi connectivity index (χ1v) is 7.56. The Balaban J connectivity index is 2.10. The highest BCUT2D eigenvalue weighted by Gasteiger charge is 2.23. The highest BCUT2D eigenvalue weighted by molar-refractivity contribution is 7.90. The Bertz CT molecular complexity index is 583. The third-order valence-corrected chi connectivity index (χ3v) is 4.33. The molecule has 0 atom stereocenters. The summed E-state index contributed by atoms with van der Waals surface area (Å²) in [5, 5.41) is 5.48. The number of piperazine rings is 1. The van der Waals surface area contributed by atoms with Gasteiger partial charge in [-0.3, -0.25) is 4.72 Å². The van der Waals surface area contributed by atoms with E-state index in [0.29, 0.717) is 37.6 Å². The summed E-state index contributed by atoms with van der Waals surface area (Å²) in [5.74, 6) is 0. The Kier molecular flexibility index (Phi) is 4.42. The van der Waals surface area contributed by atoms with E-state index >= 15 is 0 Å². The standard InChI is InChI=1S/C11H17N5O3S/c12-11(17)14-9-2-1-3-10(8-9)15-20(18,19)16-6-4-13-5-7-16/h1-3,8,13,15H,4-7H2,(H3,12,14,17). The molecule has 1 aromatic rings. The molecule has 0 radical (unpaired) electrons. The lowest BCUT2D eigenvalue weighted by atomic mass is 10.3. The zero-order valence-corrected chi connectivity index (χ0v) is 11.6. The lowest BCUT2D eigenvalue weighted by molar-refractivity contribution is 0.259. The number of primary amides is 1. The van der Waals surface area contributed by atoms with Crippen molar-refractivity contribution >= 4 is 27.6 Å². The van der Waals surface area contributed by atoms with Crippen molar-refractivity contribution in [1.82, 2.24) is 9.62 Å². The quantitative estimate of drug-likeness (QED) is 0.612. The van der Waals surface area contributed by atoms with Crippen LogP contribution in [0.5, 0.6) is 0 Å². The zero-order chi connectivity index (χ0) is 14.6. The average Bonchev–Trinajstić information content (AvgIpc) is 2.39. The van der Waals surface area contributed by atoms with Crippen molar-refractivity contribution in [2.45, 2.75) is 0 Å². The summed E-state index contributed by atoms with van der Waals surface area (Å²) in [5.41, 5.74) is 5.81. The van der Waals surface area contributed by atoms with Crippen LogP contribution < -0.4 is 21.1 Å². The number of anilines is 2. The van der Waals surface area contributed by atoms with Gasteiger partial charge >= 0.3 is 16.2 Å². The predicted octanol–water partition coefficient (Wildman–Crippen LogP) is -0.261. The SMILES string of the molecule is NC(=O)Nc1cccc(NS(=O)(=O)N2CCNCC2)c1. The molecule has 5 N–H and O–H groups in total. The summed E-state index contributed by atoms with van der Waals surface area (Å²) < 4.78 is 28.2. The van der Waals surface area contributed by atoms with Crippen LogP contribution in [0.1, 0.15) is 0 Å². The molecule has 1 aliphatic heterocycles. The molecule has 2 amide bonds. The first kappa shape index (κ1) is 14.6. The molecule has 0 saturated carbocycles. The Morgan fingerprint density at radius 2 is 1.90 bits per heavy atom. The number of nitrogens with two attached hydrogens (primary N) is 1. The fraction of sp³-hybridized carbons (Fsp3) is 0.364. The Morgan fingerprint density at radius 1 is 1.25 bits per heavy atom. The second-order valence-corrected chi connectivity index (χ2v) is 6.00. The Labute approximate surface area is 117 Å². The third kappa shape index (κ3) is 3.83. The molecule has 1 aliphatic rings. The summed E-state index contributed by atoms with van der Waals surface area (Å²) in [4.78, 5) is 10.8. The highest BCUT2D eigenvalue weighted by Crippen LogP contribution is 2.17. The fourth-order valence-electron chi connectivity index (χ4n) is 1.90. The summed E-state index contributed by atoms with van der Waals surface area (Å²) in [6.45, 7) is 2.11. The number of carbonyl (C=O) groups is 1. The molecule has 0 bridgehead atoms. The van der Waals surface area contributed by atoms with Crippen LogP contribution in [-0.4, -0.2) is 44.9 Å². The molecule has 0 unspecified atom stereocenters. The van der Waals surface area contributed by atoms with Crippen LogP contribution in [0.25, 0.3) is 0 Å². The zero-order valence-electron chi connectivity index (χ0n) is 10.8. The van der Waals surface area contributed by atoms with Gasteiger partial charge in [0, 0.05) is 31.9 Å². The van der Waals surface area contributed by atoms with Gasteiger partial charge in [0.25, 0.3) is 0 Å². The summed E-state index contributed by atoms with van der Waals surface area (Å²) in [6, 6.07) is 5.65. The van der Waals surface area contributed by atoms with E-state index in [1.807, 2.05) is 0 Å². The van der Waals surface area contributed by atoms with Crippen molar-refractivity contribution in [3.8, 4) is 0 Å². The van der Waals surface area contributed by atoms with E-state index in [1.165, 1.54) is 10.4 Å². The van der Waals surface area contributed by atoms with E-state index < -0.39 is 16.2 Å². The Hall–Kier alpha value is -1.84. The molecule has 1 fully saturated rings. The molecule has 8 nitrogen and oxygen atoms in total. The van der Waals surface area contributed by atoms with Crippen molar-refractivity contribution < 1.29 is 13.2 Å². The van der Waals surface area contributed by atoms with Crippen LogP contribution in [-0.2, 0) is 10.2 Å². The van der Waals surface area contributed by atoms with Crippen molar-refractivity contribution in [3.63, 3.8) is 0 Å². The van der Waals surface area contributed by atoms with Gasteiger partial charge in [-0.2, -0.15) is 12.7 Å². The summed E-state index contributed by atoms with van der Waals surface area (Å²) in [6.07, 6.45) is 0. The minimum absolute atomic E-state index is 0.370. The van der Waals surface area contributed by atoms with Gasteiger partial charge < -0.3 is 16.4 Å². The van der Waals surface area contributed by atoms with E-state index in [9.17, 15) is 13.2 Å². The van der Waals surface area contributed by atoms with Gasteiger partial charge in [0.1, 0.15) is 0 Å². The maximum Gasteiger partial charge on any atom is 0.316 e. The van der Waals surface area contributed by atoms with E-state index in [0.717, 1.165) is 0 Å². The minimum atomic E-state index is -3.58. The fourth-order valence-corrected chi connectivity index (χ4v) is 3.12. The Morgan fingerprint density at radius 3 is 2.55 bits per heavy atom. The van der Waals surface area contributed by atoms with Gasteiger partial charge in [-0.25, -0.2) is 4.79 Å². The van der Waals surface area contributed by atoms with Crippen LogP contribution in [0.2, 0.25) is 0 Å². The molecule has 0 aliphatic carbocycles. The number of hydrogen-bond acceptors (Lipinski definition) is 4. The van der Waals surface area contributed by atoms with Crippen LogP contribution in [0, 0.1) is 0 Å². The van der Waals surface area contributed by atoms with Crippen LogP contribution in [0.15, 0.2) is 24.3 Å². The van der Waals surface area contributed by atoms with Crippen LogP contribution in [0.4, 0.5) is 16.2 Å². The van der Waals surface area contributed by atoms with Crippen LogP contribution >= 0.6 is 0 Å². The lowest BCUT2D eigenvalue weighted by Gasteiger charge is -2.26. The molecule has 9 heteroatoms. The molecule has 2 rings (SSSR count). The molecule has 0 aromatic heterocycles. The lowest BCUT2D eigenvalue weighted by Crippen LogP contribution is -2.48. The van der Waals surface area contributed by atoms with Crippen molar-refractivity contribution in [1.29, 1.82) is 0 Å². The van der Waals surface area contributed by atoms with Gasteiger partial charge in [-0.15, -0.1) is 0 Å². The second kappa shape index (κ2) is 6.07. The third-order valence-electron chi connectivity index (χ3n) is 2.79. The largest absolute Gasteiger partial charge is 0.351 e. The van der Waals surface area contributed by atoms with Gasteiger partial charge in [0.05, 0.1) is 5.69 Å². The molecular formula is C11H17N5O3S. The monoisotopic (exact) mass is 299 g/mol. The average molecular weight is 299 g/mol. The number of nitrogens with one attached hydrogen (secondary N) is 3. The maximum atomic E-state index is 12.2. The van der Waals surface area contributed by atoms with E-state index in [4.69, 9.17) is 5.73 Å². The summed E-state index contributed by atoms with van der Waals surface area (Å²) in [7, 11) is -3.58. The molecule has 20 heavy (non-hydrogen) atoms. The van der Waals surface area contributed by atoms with Gasteiger partial charge in [0.2, 0.25) is 0 Å². The topological polar surface area (TPSA) is 117 Å². The van der Waals surface area contributed by atoms with Gasteiger partial charge in [-0.05, 0) is 18.2 Å². The maximum absolute atomic E-state index is 12.2. The molecule has 1 aromatic carbocycles. The predicted molar refractivity (Wildman–Crippen MR) is 76.6 cm³/mol. The number of urea groups is 1. The van der Waals surface area contributed by atoms with E-state index in [2.05, 4.69) is 15.4 Å². The smallest absolute Gasteiger partial charge is 0.316 e. The number of rotatable bonds is 4. The number of benzene rings is 1. The molecular weight excluding hydrogens is 282 g/mol. The molecule has 110 valence electrons. The highest BCUT2D eigenvalue weighted by atomic mass is 32.2. The molecule has 0 spiro atoms. The summed E-state index contributed by atoms with van der Waals surface area (Å²) >= 11 is 0. The number of carbonyl (C=O) groups excluding carboxylic acids is 1. The molecule has 1 saturated heterocycles. The number of amides is 2. The van der Waals surface area contributed by atoms with Crippen molar-refractivity contribution in [3.05, 3.63) is 24.3 Å². The second-order valence-electron chi connectivity index (χ2n) is 4.33. The van der Waals surface area contributed by atoms with Gasteiger partial charge in [0.15, 0.2) is 0 Å². The van der Waals surface area contributed by atoms with Gasteiger partial charge in [-0.1, -0.05) is 6.07 Å².